The number of benzene rings is 3. The molecular formula is C26H29FN2O6S. The first-order valence-electron chi connectivity index (χ1n) is 11.1. The topological polar surface area (TPSA) is 94.2 Å². The van der Waals surface area contributed by atoms with Gasteiger partial charge in [-0.3, -0.25) is 9.10 Å². The SMILES string of the molecule is COc1ccc(S(=O)(=O)N(CC(=O)NC(C)COc2ccccc2C)c2ccccc2F)cc1OC. The number of amides is 1. The Bertz CT molecular complexity index is 1320. The molecule has 1 unspecified atom stereocenters. The lowest BCUT2D eigenvalue weighted by molar-refractivity contribution is -0.120. The minimum atomic E-state index is -4.36. The zero-order valence-corrected chi connectivity index (χ0v) is 21.3. The third-order valence-electron chi connectivity index (χ3n) is 5.34. The summed E-state index contributed by atoms with van der Waals surface area (Å²) < 4.78 is 58.7. The fourth-order valence-electron chi connectivity index (χ4n) is 3.48. The average Bonchev–Trinajstić information content (AvgIpc) is 2.86. The van der Waals surface area contributed by atoms with Gasteiger partial charge < -0.3 is 19.5 Å². The van der Waals surface area contributed by atoms with E-state index < -0.39 is 34.3 Å². The number of ether oxygens (including phenoxy) is 3. The van der Waals surface area contributed by atoms with Gasteiger partial charge in [0, 0.05) is 6.07 Å². The second-order valence-corrected chi connectivity index (χ2v) is 9.89. The number of nitrogens with one attached hydrogen (secondary N) is 1. The summed E-state index contributed by atoms with van der Waals surface area (Å²) in [5, 5.41) is 2.72. The molecular weight excluding hydrogens is 487 g/mol. The second kappa shape index (κ2) is 11.8. The summed E-state index contributed by atoms with van der Waals surface area (Å²) in [4.78, 5) is 12.7. The molecule has 1 atom stereocenters. The molecule has 3 rings (SSSR count). The van der Waals surface area contributed by atoms with Gasteiger partial charge >= 0.3 is 0 Å². The molecule has 1 amide bonds. The van der Waals surface area contributed by atoms with Gasteiger partial charge in [0.05, 0.1) is 30.8 Å². The van der Waals surface area contributed by atoms with E-state index in [2.05, 4.69) is 5.32 Å². The summed E-state index contributed by atoms with van der Waals surface area (Å²) in [6.07, 6.45) is 0. The summed E-state index contributed by atoms with van der Waals surface area (Å²) in [5.74, 6) is -0.219. The van der Waals surface area contributed by atoms with Crippen molar-refractivity contribution in [2.24, 2.45) is 0 Å². The van der Waals surface area contributed by atoms with Gasteiger partial charge in [0.2, 0.25) is 5.91 Å². The lowest BCUT2D eigenvalue weighted by Crippen LogP contribution is -2.45. The number of carbonyl (C=O) groups excluding carboxylic acids is 1. The van der Waals surface area contributed by atoms with Crippen LogP contribution in [0, 0.1) is 12.7 Å². The van der Waals surface area contributed by atoms with Crippen molar-refractivity contribution >= 4 is 21.6 Å². The highest BCUT2D eigenvalue weighted by molar-refractivity contribution is 7.92. The molecule has 0 aromatic heterocycles. The van der Waals surface area contributed by atoms with Crippen LogP contribution in [0.2, 0.25) is 0 Å². The van der Waals surface area contributed by atoms with E-state index in [0.29, 0.717) is 11.5 Å². The van der Waals surface area contributed by atoms with Crippen LogP contribution in [0.25, 0.3) is 0 Å². The van der Waals surface area contributed by atoms with Gasteiger partial charge in [-0.2, -0.15) is 0 Å². The van der Waals surface area contributed by atoms with E-state index in [1.807, 2.05) is 31.2 Å². The highest BCUT2D eigenvalue weighted by Crippen LogP contribution is 2.32. The molecule has 0 saturated carbocycles. The Hall–Kier alpha value is -3.79. The van der Waals surface area contributed by atoms with Gasteiger partial charge in [-0.1, -0.05) is 30.3 Å². The van der Waals surface area contributed by atoms with Crippen LogP contribution in [0.15, 0.2) is 71.6 Å². The molecule has 8 nitrogen and oxygen atoms in total. The largest absolute Gasteiger partial charge is 0.493 e. The van der Waals surface area contributed by atoms with Crippen molar-refractivity contribution in [3.05, 3.63) is 78.1 Å². The standard InChI is InChI=1S/C26H29FN2O6S/c1-18-9-5-8-12-23(18)35-17-19(2)28-26(30)16-29(22-11-7-6-10-21(22)27)36(31,32)20-13-14-24(33-3)25(15-20)34-4/h5-15,19H,16-17H2,1-4H3,(H,28,30). The Morgan fingerprint density at radius 3 is 2.31 bits per heavy atom. The molecule has 0 aliphatic rings. The lowest BCUT2D eigenvalue weighted by Gasteiger charge is -2.25. The van der Waals surface area contributed by atoms with Gasteiger partial charge in [0.15, 0.2) is 11.5 Å². The molecule has 0 aliphatic carbocycles. The van der Waals surface area contributed by atoms with E-state index in [9.17, 15) is 17.6 Å². The summed E-state index contributed by atoms with van der Waals surface area (Å²) >= 11 is 0. The third kappa shape index (κ3) is 6.25. The Balaban J connectivity index is 1.83. The zero-order valence-electron chi connectivity index (χ0n) is 20.5. The van der Waals surface area contributed by atoms with E-state index in [-0.39, 0.29) is 22.9 Å². The molecule has 0 bridgehead atoms. The van der Waals surface area contributed by atoms with Gasteiger partial charge in [-0.25, -0.2) is 12.8 Å². The normalized spacial score (nSPS) is 11.9. The van der Waals surface area contributed by atoms with E-state index in [1.54, 1.807) is 6.92 Å². The van der Waals surface area contributed by atoms with Crippen molar-refractivity contribution in [2.75, 3.05) is 31.7 Å². The van der Waals surface area contributed by atoms with Crippen molar-refractivity contribution in [1.82, 2.24) is 5.32 Å². The quantitative estimate of drug-likeness (QED) is 0.415. The molecule has 0 radical (unpaired) electrons. The van der Waals surface area contributed by atoms with Gasteiger partial charge in [0.25, 0.3) is 10.0 Å². The summed E-state index contributed by atoms with van der Waals surface area (Å²) in [7, 11) is -1.57. The van der Waals surface area contributed by atoms with Crippen molar-refractivity contribution < 1.29 is 31.8 Å². The number of methoxy groups -OCH3 is 2. The smallest absolute Gasteiger partial charge is 0.265 e. The van der Waals surface area contributed by atoms with Crippen molar-refractivity contribution in [2.45, 2.75) is 24.8 Å². The molecule has 0 fully saturated rings. The summed E-state index contributed by atoms with van der Waals surface area (Å²) in [6.45, 7) is 3.15. The Morgan fingerprint density at radius 1 is 0.972 bits per heavy atom. The fraction of sp³-hybridized carbons (Fsp3) is 0.269. The Kier molecular flexibility index (Phi) is 8.76. The molecule has 3 aromatic rings. The number of hydrogen-bond donors (Lipinski definition) is 1. The zero-order chi connectivity index (χ0) is 26.3. The number of rotatable bonds is 11. The van der Waals surface area contributed by atoms with E-state index in [0.717, 1.165) is 15.9 Å². The first-order valence-corrected chi connectivity index (χ1v) is 12.6. The average molecular weight is 517 g/mol. The molecule has 0 aliphatic heterocycles. The van der Waals surface area contributed by atoms with Crippen molar-refractivity contribution in [3.8, 4) is 17.2 Å². The first-order chi connectivity index (χ1) is 17.2. The molecule has 0 saturated heterocycles. The number of sulfonamides is 1. The minimum absolute atomic E-state index is 0.165. The van der Waals surface area contributed by atoms with Crippen LogP contribution in [-0.2, 0) is 14.8 Å². The lowest BCUT2D eigenvalue weighted by atomic mass is 10.2. The van der Waals surface area contributed by atoms with Gasteiger partial charge in [-0.15, -0.1) is 0 Å². The maximum absolute atomic E-state index is 14.7. The molecule has 3 aromatic carbocycles. The van der Waals surface area contributed by atoms with E-state index >= 15 is 0 Å². The van der Waals surface area contributed by atoms with Crippen LogP contribution in [0.3, 0.4) is 0 Å². The molecule has 192 valence electrons. The number of aryl methyl sites for hydroxylation is 1. The minimum Gasteiger partial charge on any atom is -0.493 e. The van der Waals surface area contributed by atoms with Crippen LogP contribution < -0.4 is 23.8 Å². The number of carbonyl (C=O) groups is 1. The highest BCUT2D eigenvalue weighted by Gasteiger charge is 2.30. The molecule has 1 N–H and O–H groups in total. The number of nitrogens with zero attached hydrogens (tertiary/aromatic N) is 1. The molecule has 0 spiro atoms. The highest BCUT2D eigenvalue weighted by atomic mass is 32.2. The molecule has 36 heavy (non-hydrogen) atoms. The number of anilines is 1. The summed E-state index contributed by atoms with van der Waals surface area (Å²) in [5.41, 5.74) is 0.689. The van der Waals surface area contributed by atoms with E-state index in [4.69, 9.17) is 14.2 Å². The summed E-state index contributed by atoms with van der Waals surface area (Å²) in [6, 6.07) is 16.4. The Labute approximate surface area is 210 Å². The number of halogens is 1. The fourth-order valence-corrected chi connectivity index (χ4v) is 4.93. The predicted molar refractivity (Wildman–Crippen MR) is 135 cm³/mol. The Morgan fingerprint density at radius 2 is 1.64 bits per heavy atom. The van der Waals surface area contributed by atoms with Crippen LogP contribution in [0.5, 0.6) is 17.2 Å². The maximum atomic E-state index is 14.7. The van der Waals surface area contributed by atoms with Gasteiger partial charge in [-0.05, 0) is 49.7 Å². The van der Waals surface area contributed by atoms with Crippen LogP contribution in [0.1, 0.15) is 12.5 Å². The monoisotopic (exact) mass is 516 g/mol. The van der Waals surface area contributed by atoms with Crippen LogP contribution in [-0.4, -0.2) is 47.7 Å². The number of hydrogen-bond acceptors (Lipinski definition) is 6. The second-order valence-electron chi connectivity index (χ2n) is 8.02. The molecule has 10 heteroatoms. The first kappa shape index (κ1) is 26.8. The van der Waals surface area contributed by atoms with E-state index in [1.165, 1.54) is 50.6 Å². The van der Waals surface area contributed by atoms with Crippen molar-refractivity contribution in [3.63, 3.8) is 0 Å². The van der Waals surface area contributed by atoms with Crippen LogP contribution in [0.4, 0.5) is 10.1 Å². The van der Waals surface area contributed by atoms with Crippen LogP contribution >= 0.6 is 0 Å². The number of para-hydroxylation sites is 2. The van der Waals surface area contributed by atoms with Crippen molar-refractivity contribution in [1.29, 1.82) is 0 Å². The van der Waals surface area contributed by atoms with Gasteiger partial charge in [0.1, 0.15) is 24.7 Å². The third-order valence-corrected chi connectivity index (χ3v) is 7.10. The predicted octanol–water partition coefficient (Wildman–Crippen LogP) is 3.93. The maximum Gasteiger partial charge on any atom is 0.265 e. The molecule has 0 heterocycles.